The van der Waals surface area contributed by atoms with Crippen LogP contribution in [-0.4, -0.2) is 18.8 Å². The maximum atomic E-state index is 11.1. The number of methoxy groups -OCH3 is 1. The summed E-state index contributed by atoms with van der Waals surface area (Å²) in [6.45, 7) is 1.72. The summed E-state index contributed by atoms with van der Waals surface area (Å²) in [5.41, 5.74) is 6.82. The van der Waals surface area contributed by atoms with E-state index >= 15 is 0 Å². The molecule has 0 saturated carbocycles. The summed E-state index contributed by atoms with van der Waals surface area (Å²) in [7, 11) is 1.36. The van der Waals surface area contributed by atoms with Crippen molar-refractivity contribution in [2.75, 3.05) is 18.6 Å². The largest absolute Gasteiger partial charge is 0.466 e. The fraction of sp³-hybridized carbons (Fsp3) is 0.250. The number of halogens is 1. The molecule has 0 saturated heterocycles. The first-order valence-corrected chi connectivity index (χ1v) is 6.34. The van der Waals surface area contributed by atoms with Gasteiger partial charge < -0.3 is 10.5 Å². The minimum Gasteiger partial charge on any atom is -0.466 e. The second-order valence-electron chi connectivity index (χ2n) is 3.38. The Morgan fingerprint density at radius 3 is 2.88 bits per heavy atom. The number of nitrogens with two attached hydrogens (primary N) is 1. The van der Waals surface area contributed by atoms with Crippen LogP contribution in [0, 0.1) is 0 Å². The van der Waals surface area contributed by atoms with Crippen molar-refractivity contribution < 1.29 is 9.53 Å². The smallest absolute Gasteiger partial charge is 0.333 e. The number of benzene rings is 1. The Morgan fingerprint density at radius 1 is 1.59 bits per heavy atom. The van der Waals surface area contributed by atoms with Gasteiger partial charge in [0.05, 0.1) is 12.1 Å². The van der Waals surface area contributed by atoms with Crippen LogP contribution in [0.5, 0.6) is 0 Å². The van der Waals surface area contributed by atoms with E-state index in [2.05, 4.69) is 4.74 Å². The molecule has 1 aromatic rings. The van der Waals surface area contributed by atoms with Gasteiger partial charge in [0, 0.05) is 21.9 Å². The molecule has 2 N–H and O–H groups in total. The van der Waals surface area contributed by atoms with Crippen LogP contribution in [0.3, 0.4) is 0 Å². The second-order valence-corrected chi connectivity index (χ2v) is 4.85. The molecule has 0 spiro atoms. The number of nitrogen functional groups attached to an aromatic ring is 1. The molecule has 0 heterocycles. The molecule has 0 aliphatic carbocycles. The lowest BCUT2D eigenvalue weighted by atomic mass is 10.3. The highest BCUT2D eigenvalue weighted by Crippen LogP contribution is 2.28. The zero-order valence-electron chi connectivity index (χ0n) is 9.70. The van der Waals surface area contributed by atoms with E-state index in [0.717, 1.165) is 4.90 Å². The van der Waals surface area contributed by atoms with E-state index in [1.807, 2.05) is 12.1 Å². The van der Waals surface area contributed by atoms with Crippen molar-refractivity contribution in [1.29, 1.82) is 0 Å². The molecule has 0 aliphatic rings. The molecule has 5 heteroatoms. The van der Waals surface area contributed by atoms with Gasteiger partial charge in [-0.1, -0.05) is 17.7 Å². The van der Waals surface area contributed by atoms with Gasteiger partial charge in [0.25, 0.3) is 0 Å². The normalized spacial score (nSPS) is 11.4. The van der Waals surface area contributed by atoms with E-state index in [1.165, 1.54) is 7.11 Å². The van der Waals surface area contributed by atoms with Gasteiger partial charge in [-0.3, -0.25) is 0 Å². The standard InChI is InChI=1S/C12H14ClNO2S/c1-8(12(15)16-2)5-6-17-11-4-3-9(14)7-10(11)13/h3-5,7H,6,14H2,1-2H3. The summed E-state index contributed by atoms with van der Waals surface area (Å²) in [4.78, 5) is 12.1. The lowest BCUT2D eigenvalue weighted by Gasteiger charge is -2.03. The van der Waals surface area contributed by atoms with E-state index in [0.29, 0.717) is 22.0 Å². The highest BCUT2D eigenvalue weighted by molar-refractivity contribution is 7.99. The number of carbonyl (C=O) groups is 1. The Morgan fingerprint density at radius 2 is 2.29 bits per heavy atom. The number of hydrogen-bond acceptors (Lipinski definition) is 4. The summed E-state index contributed by atoms with van der Waals surface area (Å²) in [6.07, 6.45) is 1.81. The molecule has 0 fully saturated rings. The fourth-order valence-electron chi connectivity index (χ4n) is 1.13. The summed E-state index contributed by atoms with van der Waals surface area (Å²) in [5, 5.41) is 0.624. The highest BCUT2D eigenvalue weighted by atomic mass is 35.5. The van der Waals surface area contributed by atoms with E-state index < -0.39 is 0 Å². The van der Waals surface area contributed by atoms with Crippen LogP contribution >= 0.6 is 23.4 Å². The molecule has 17 heavy (non-hydrogen) atoms. The number of anilines is 1. The van der Waals surface area contributed by atoms with Crippen LogP contribution in [0.15, 0.2) is 34.7 Å². The Labute approximate surface area is 110 Å². The van der Waals surface area contributed by atoms with Gasteiger partial charge in [-0.05, 0) is 25.1 Å². The summed E-state index contributed by atoms with van der Waals surface area (Å²) in [6, 6.07) is 5.37. The molecule has 92 valence electrons. The molecule has 0 aliphatic heterocycles. The van der Waals surface area contributed by atoms with Crippen molar-refractivity contribution in [3.8, 4) is 0 Å². The van der Waals surface area contributed by atoms with Crippen molar-refractivity contribution in [2.24, 2.45) is 0 Å². The van der Waals surface area contributed by atoms with Crippen molar-refractivity contribution in [3.63, 3.8) is 0 Å². The molecule has 0 radical (unpaired) electrons. The minimum atomic E-state index is -0.311. The quantitative estimate of drug-likeness (QED) is 0.396. The topological polar surface area (TPSA) is 52.3 Å². The van der Waals surface area contributed by atoms with E-state index in [4.69, 9.17) is 17.3 Å². The Hall–Kier alpha value is -1.13. The lowest BCUT2D eigenvalue weighted by Crippen LogP contribution is -2.01. The first-order chi connectivity index (χ1) is 8.04. The average molecular weight is 272 g/mol. The number of thioether (sulfide) groups is 1. The summed E-state index contributed by atoms with van der Waals surface area (Å²) >= 11 is 7.56. The molecule has 0 aromatic heterocycles. The van der Waals surface area contributed by atoms with Crippen LogP contribution in [0.25, 0.3) is 0 Å². The average Bonchev–Trinajstić information content (AvgIpc) is 2.30. The number of carbonyl (C=O) groups excluding carboxylic acids is 1. The maximum absolute atomic E-state index is 11.1. The Bertz CT molecular complexity index is 446. The first kappa shape index (κ1) is 13.9. The van der Waals surface area contributed by atoms with Gasteiger partial charge in [0.15, 0.2) is 0 Å². The highest BCUT2D eigenvalue weighted by Gasteiger charge is 2.03. The van der Waals surface area contributed by atoms with E-state index in [-0.39, 0.29) is 5.97 Å². The van der Waals surface area contributed by atoms with Crippen LogP contribution in [0.4, 0.5) is 5.69 Å². The molecular weight excluding hydrogens is 258 g/mol. The van der Waals surface area contributed by atoms with Crippen molar-refractivity contribution in [1.82, 2.24) is 0 Å². The molecule has 0 unspecified atom stereocenters. The third kappa shape index (κ3) is 4.32. The van der Waals surface area contributed by atoms with Gasteiger partial charge in [-0.25, -0.2) is 4.79 Å². The van der Waals surface area contributed by atoms with Crippen molar-refractivity contribution >= 4 is 35.0 Å². The third-order valence-corrected chi connectivity index (χ3v) is 3.52. The molecule has 1 aromatic carbocycles. The van der Waals surface area contributed by atoms with E-state index in [9.17, 15) is 4.79 Å². The molecule has 0 amide bonds. The molecular formula is C12H14ClNO2S. The lowest BCUT2D eigenvalue weighted by molar-refractivity contribution is -0.136. The predicted octanol–water partition coefficient (Wildman–Crippen LogP) is 3.13. The molecule has 3 nitrogen and oxygen atoms in total. The van der Waals surface area contributed by atoms with Crippen LogP contribution in [-0.2, 0) is 9.53 Å². The first-order valence-electron chi connectivity index (χ1n) is 4.97. The summed E-state index contributed by atoms with van der Waals surface area (Å²) in [5.74, 6) is 0.346. The number of hydrogen-bond donors (Lipinski definition) is 1. The molecule has 0 atom stereocenters. The van der Waals surface area contributed by atoms with Gasteiger partial charge >= 0.3 is 5.97 Å². The fourth-order valence-corrected chi connectivity index (χ4v) is 2.36. The SMILES string of the molecule is COC(=O)C(C)=CCSc1ccc(N)cc1Cl. The van der Waals surface area contributed by atoms with Crippen LogP contribution in [0.2, 0.25) is 5.02 Å². The van der Waals surface area contributed by atoms with Gasteiger partial charge in [-0.15, -0.1) is 11.8 Å². The number of esters is 1. The maximum Gasteiger partial charge on any atom is 0.333 e. The van der Waals surface area contributed by atoms with Crippen molar-refractivity contribution in [3.05, 3.63) is 34.9 Å². The zero-order valence-corrected chi connectivity index (χ0v) is 11.3. The Balaban J connectivity index is 2.59. The van der Waals surface area contributed by atoms with Gasteiger partial charge in [-0.2, -0.15) is 0 Å². The monoisotopic (exact) mass is 271 g/mol. The van der Waals surface area contributed by atoms with Gasteiger partial charge in [0.1, 0.15) is 0 Å². The minimum absolute atomic E-state index is 0.311. The van der Waals surface area contributed by atoms with Gasteiger partial charge in [0.2, 0.25) is 0 Å². The van der Waals surface area contributed by atoms with Crippen LogP contribution in [0.1, 0.15) is 6.92 Å². The molecule has 1 rings (SSSR count). The number of rotatable bonds is 4. The van der Waals surface area contributed by atoms with Crippen LogP contribution < -0.4 is 5.73 Å². The summed E-state index contributed by atoms with van der Waals surface area (Å²) < 4.78 is 4.60. The number of ether oxygens (including phenoxy) is 1. The van der Waals surface area contributed by atoms with E-state index in [1.54, 1.807) is 30.8 Å². The predicted molar refractivity (Wildman–Crippen MR) is 72.4 cm³/mol. The van der Waals surface area contributed by atoms with Crippen molar-refractivity contribution in [2.45, 2.75) is 11.8 Å². The third-order valence-electron chi connectivity index (χ3n) is 2.09. The second kappa shape index (κ2) is 6.57. The molecule has 0 bridgehead atoms. The zero-order chi connectivity index (χ0) is 12.8. The Kier molecular flexibility index (Phi) is 5.38.